The summed E-state index contributed by atoms with van der Waals surface area (Å²) >= 11 is 0. The van der Waals surface area contributed by atoms with Crippen molar-refractivity contribution in [3.63, 3.8) is 0 Å². The van der Waals surface area contributed by atoms with E-state index in [0.29, 0.717) is 0 Å². The van der Waals surface area contributed by atoms with Gasteiger partial charge >= 0.3 is 0 Å². The van der Waals surface area contributed by atoms with Crippen LogP contribution in [-0.2, 0) is 5.11 Å². The zero-order chi connectivity index (χ0) is 9.57. The molecule has 1 rings (SSSR count). The normalized spacial score (nSPS) is 35.0. The maximum atomic E-state index is 11.7. The standard InChI is InChI=1S/C10H20NO/c1-9(2)8(12)6-7-11(5)10(9,3)4/h8H,6-7H2,1-5H3. The molecule has 0 amide bonds. The lowest BCUT2D eigenvalue weighted by molar-refractivity contribution is -0.130. The molecule has 2 heteroatoms. The number of hydrogen-bond acceptors (Lipinski definition) is 1. The van der Waals surface area contributed by atoms with Gasteiger partial charge in [-0.25, -0.2) is 5.11 Å². The van der Waals surface area contributed by atoms with Gasteiger partial charge in [0.25, 0.3) is 0 Å². The largest absolute Gasteiger partial charge is 0.301 e. The molecule has 0 aromatic carbocycles. The number of rotatable bonds is 0. The summed E-state index contributed by atoms with van der Waals surface area (Å²) in [5, 5.41) is 11.7. The molecular formula is C10H20NO. The number of hydrogen-bond donors (Lipinski definition) is 0. The van der Waals surface area contributed by atoms with Crippen molar-refractivity contribution in [2.45, 2.75) is 45.8 Å². The summed E-state index contributed by atoms with van der Waals surface area (Å²) in [4.78, 5) is 2.29. The molecule has 0 aliphatic carbocycles. The average Bonchev–Trinajstić information content (AvgIpc) is 1.96. The van der Waals surface area contributed by atoms with Crippen LogP contribution in [0.1, 0.15) is 34.1 Å². The van der Waals surface area contributed by atoms with Crippen molar-refractivity contribution in [2.75, 3.05) is 13.6 Å². The van der Waals surface area contributed by atoms with E-state index >= 15 is 0 Å². The smallest absolute Gasteiger partial charge is 0.101 e. The van der Waals surface area contributed by atoms with Gasteiger partial charge in [-0.3, -0.25) is 0 Å². The van der Waals surface area contributed by atoms with E-state index < -0.39 is 6.10 Å². The predicted molar refractivity (Wildman–Crippen MR) is 49.6 cm³/mol. The molecule has 1 saturated heterocycles. The molecule has 1 aliphatic heterocycles. The molecule has 12 heavy (non-hydrogen) atoms. The predicted octanol–water partition coefficient (Wildman–Crippen LogP) is 1.93. The first-order valence-corrected chi connectivity index (χ1v) is 4.67. The summed E-state index contributed by atoms with van der Waals surface area (Å²) in [6.45, 7) is 9.43. The van der Waals surface area contributed by atoms with Gasteiger partial charge < -0.3 is 4.90 Å². The minimum absolute atomic E-state index is 0.0255. The van der Waals surface area contributed by atoms with Crippen molar-refractivity contribution in [3.05, 3.63) is 0 Å². The zero-order valence-electron chi connectivity index (χ0n) is 8.85. The fourth-order valence-corrected chi connectivity index (χ4v) is 1.84. The van der Waals surface area contributed by atoms with Crippen LogP contribution in [0, 0.1) is 5.41 Å². The first kappa shape index (κ1) is 10.0. The van der Waals surface area contributed by atoms with Gasteiger partial charge in [0.2, 0.25) is 0 Å². The van der Waals surface area contributed by atoms with E-state index in [4.69, 9.17) is 0 Å². The molecule has 0 N–H and O–H groups in total. The van der Waals surface area contributed by atoms with Crippen molar-refractivity contribution in [3.8, 4) is 0 Å². The molecule has 0 spiro atoms. The van der Waals surface area contributed by atoms with Crippen molar-refractivity contribution in [1.29, 1.82) is 0 Å². The Morgan fingerprint density at radius 2 is 1.75 bits per heavy atom. The Morgan fingerprint density at radius 3 is 2.17 bits per heavy atom. The molecule has 1 fully saturated rings. The van der Waals surface area contributed by atoms with E-state index in [-0.39, 0.29) is 11.0 Å². The van der Waals surface area contributed by atoms with Crippen LogP contribution < -0.4 is 0 Å². The molecule has 71 valence electrons. The summed E-state index contributed by atoms with van der Waals surface area (Å²) in [5.74, 6) is 0. The third-order valence-electron chi connectivity index (χ3n) is 4.06. The fraction of sp³-hybridized carbons (Fsp3) is 1.00. The minimum atomic E-state index is -0.413. The minimum Gasteiger partial charge on any atom is -0.301 e. The van der Waals surface area contributed by atoms with Gasteiger partial charge in [-0.15, -0.1) is 0 Å². The highest BCUT2D eigenvalue weighted by atomic mass is 16.3. The first-order valence-electron chi connectivity index (χ1n) is 4.67. The van der Waals surface area contributed by atoms with Crippen molar-refractivity contribution in [1.82, 2.24) is 4.90 Å². The molecule has 1 atom stereocenters. The van der Waals surface area contributed by atoms with Crippen LogP contribution in [0.5, 0.6) is 0 Å². The number of likely N-dealkylation sites (tertiary alicyclic amines) is 1. The molecule has 0 saturated carbocycles. The second-order valence-electron chi connectivity index (χ2n) is 4.98. The van der Waals surface area contributed by atoms with Crippen LogP contribution in [-0.4, -0.2) is 30.1 Å². The van der Waals surface area contributed by atoms with Crippen LogP contribution in [0.2, 0.25) is 0 Å². The van der Waals surface area contributed by atoms with Crippen LogP contribution >= 0.6 is 0 Å². The Morgan fingerprint density at radius 1 is 1.25 bits per heavy atom. The van der Waals surface area contributed by atoms with Gasteiger partial charge in [0.1, 0.15) is 6.10 Å². The van der Waals surface area contributed by atoms with Gasteiger partial charge in [0, 0.05) is 17.5 Å². The third-order valence-corrected chi connectivity index (χ3v) is 4.06. The van der Waals surface area contributed by atoms with E-state index in [1.165, 1.54) is 0 Å². The summed E-state index contributed by atoms with van der Waals surface area (Å²) in [6, 6.07) is 0. The molecule has 1 heterocycles. The highest BCUT2D eigenvalue weighted by Gasteiger charge is 2.48. The van der Waals surface area contributed by atoms with Gasteiger partial charge in [-0.2, -0.15) is 0 Å². The Labute approximate surface area is 75.6 Å². The lowest BCUT2D eigenvalue weighted by Crippen LogP contribution is -2.61. The van der Waals surface area contributed by atoms with Crippen LogP contribution in [0.3, 0.4) is 0 Å². The van der Waals surface area contributed by atoms with Crippen LogP contribution in [0.15, 0.2) is 0 Å². The summed E-state index contributed by atoms with van der Waals surface area (Å²) in [7, 11) is 2.10. The maximum Gasteiger partial charge on any atom is 0.101 e. The van der Waals surface area contributed by atoms with Gasteiger partial charge in [0.05, 0.1) is 0 Å². The van der Waals surface area contributed by atoms with Gasteiger partial charge in [-0.1, -0.05) is 13.8 Å². The van der Waals surface area contributed by atoms with Crippen LogP contribution in [0.4, 0.5) is 0 Å². The van der Waals surface area contributed by atoms with Gasteiger partial charge in [-0.05, 0) is 27.3 Å². The third kappa shape index (κ3) is 1.17. The van der Waals surface area contributed by atoms with Crippen molar-refractivity contribution in [2.24, 2.45) is 5.41 Å². The quantitative estimate of drug-likeness (QED) is 0.545. The number of piperidine rings is 1. The lowest BCUT2D eigenvalue weighted by Gasteiger charge is -2.53. The highest BCUT2D eigenvalue weighted by Crippen LogP contribution is 2.42. The summed E-state index contributed by atoms with van der Waals surface area (Å²) < 4.78 is 0. The van der Waals surface area contributed by atoms with E-state index in [0.717, 1.165) is 13.0 Å². The van der Waals surface area contributed by atoms with E-state index in [2.05, 4.69) is 39.6 Å². The highest BCUT2D eigenvalue weighted by molar-refractivity contribution is 5.01. The van der Waals surface area contributed by atoms with E-state index in [1.807, 2.05) is 0 Å². The molecule has 1 aliphatic rings. The molecular weight excluding hydrogens is 150 g/mol. The average molecular weight is 170 g/mol. The molecule has 1 radical (unpaired) electrons. The molecule has 0 bridgehead atoms. The second-order valence-corrected chi connectivity index (χ2v) is 4.98. The van der Waals surface area contributed by atoms with Gasteiger partial charge in [0.15, 0.2) is 0 Å². The lowest BCUT2D eigenvalue weighted by atomic mass is 9.66. The Hall–Kier alpha value is -0.0800. The Kier molecular flexibility index (Phi) is 2.26. The monoisotopic (exact) mass is 170 g/mol. The zero-order valence-corrected chi connectivity index (χ0v) is 8.85. The Bertz CT molecular complexity index is 155. The molecule has 0 aromatic heterocycles. The fourth-order valence-electron chi connectivity index (χ4n) is 1.84. The second kappa shape index (κ2) is 2.71. The summed E-state index contributed by atoms with van der Waals surface area (Å²) in [6.07, 6.45) is 0.371. The molecule has 2 nitrogen and oxygen atoms in total. The van der Waals surface area contributed by atoms with Crippen LogP contribution in [0.25, 0.3) is 0 Å². The van der Waals surface area contributed by atoms with Crippen molar-refractivity contribution >= 4 is 0 Å². The molecule has 0 aromatic rings. The SMILES string of the molecule is CN1CCC([O])C(C)(C)C1(C)C. The maximum absolute atomic E-state index is 11.7. The first-order chi connectivity index (χ1) is 5.30. The number of nitrogens with zero attached hydrogens (tertiary/aromatic N) is 1. The summed E-state index contributed by atoms with van der Waals surface area (Å²) in [5.41, 5.74) is -0.0995. The Balaban J connectivity index is 2.92. The molecule has 1 unspecified atom stereocenters. The topological polar surface area (TPSA) is 23.1 Å². The van der Waals surface area contributed by atoms with E-state index in [9.17, 15) is 5.11 Å². The van der Waals surface area contributed by atoms with Crippen molar-refractivity contribution < 1.29 is 5.11 Å². The van der Waals surface area contributed by atoms with E-state index in [1.54, 1.807) is 0 Å².